The smallest absolute Gasteiger partial charge is 0.319 e. The molecule has 1 unspecified atom stereocenters. The Morgan fingerprint density at radius 2 is 1.75 bits per heavy atom. The Morgan fingerprint density at radius 1 is 1.03 bits per heavy atom. The van der Waals surface area contributed by atoms with Crippen molar-refractivity contribution >= 4 is 17.4 Å². The Morgan fingerprint density at radius 3 is 2.38 bits per heavy atom. The number of rotatable bonds is 7. The molecule has 0 aliphatic carbocycles. The number of ether oxygens (including phenoxy) is 1. The van der Waals surface area contributed by atoms with E-state index in [0.29, 0.717) is 6.54 Å². The summed E-state index contributed by atoms with van der Waals surface area (Å²) in [7, 11) is 1.68. The first-order chi connectivity index (χ1) is 15.6. The normalized spacial score (nSPS) is 15.2. The van der Waals surface area contributed by atoms with Crippen molar-refractivity contribution in [3.05, 3.63) is 78.3 Å². The Labute approximate surface area is 189 Å². The predicted octanol–water partition coefficient (Wildman–Crippen LogP) is 4.28. The lowest BCUT2D eigenvalue weighted by Crippen LogP contribution is -2.50. The molecule has 1 saturated heterocycles. The van der Waals surface area contributed by atoms with Crippen LogP contribution in [0.25, 0.3) is 0 Å². The fraction of sp³-hybridized carbons (Fsp3) is 0.320. The summed E-state index contributed by atoms with van der Waals surface area (Å²) >= 11 is 0. The fourth-order valence-corrected chi connectivity index (χ4v) is 3.98. The van der Waals surface area contributed by atoms with Crippen LogP contribution in [0, 0.1) is 6.92 Å². The van der Waals surface area contributed by atoms with Gasteiger partial charge in [0.05, 0.1) is 19.4 Å². The van der Waals surface area contributed by atoms with E-state index in [1.807, 2.05) is 55.5 Å². The summed E-state index contributed by atoms with van der Waals surface area (Å²) in [6, 6.07) is 19.5. The van der Waals surface area contributed by atoms with Crippen molar-refractivity contribution in [3.8, 4) is 5.75 Å². The number of nitrogens with one attached hydrogen (secondary N) is 2. The average molecular weight is 435 g/mol. The molecule has 1 fully saturated rings. The number of methoxy groups -OCH3 is 1. The molecular formula is C25H30N4O3. The summed E-state index contributed by atoms with van der Waals surface area (Å²) in [5.74, 6) is 1.72. The molecule has 168 valence electrons. The minimum atomic E-state index is -0.220. The maximum Gasteiger partial charge on any atom is 0.319 e. The van der Waals surface area contributed by atoms with Crippen LogP contribution in [0.2, 0.25) is 0 Å². The molecule has 0 bridgehead atoms. The monoisotopic (exact) mass is 434 g/mol. The van der Waals surface area contributed by atoms with Gasteiger partial charge in [0.1, 0.15) is 11.5 Å². The zero-order valence-electron chi connectivity index (χ0n) is 18.6. The number of urea groups is 1. The molecule has 2 heterocycles. The van der Waals surface area contributed by atoms with Crippen molar-refractivity contribution in [1.29, 1.82) is 0 Å². The van der Waals surface area contributed by atoms with E-state index in [0.717, 1.165) is 48.9 Å². The van der Waals surface area contributed by atoms with Crippen molar-refractivity contribution < 1.29 is 13.9 Å². The summed E-state index contributed by atoms with van der Waals surface area (Å²) in [5.41, 5.74) is 3.12. The molecule has 1 atom stereocenters. The molecule has 1 aliphatic rings. The lowest BCUT2D eigenvalue weighted by molar-refractivity contribution is 0.162. The molecule has 0 saturated carbocycles. The third-order valence-electron chi connectivity index (χ3n) is 5.83. The van der Waals surface area contributed by atoms with E-state index in [1.165, 1.54) is 5.69 Å². The minimum absolute atomic E-state index is 0.0215. The highest BCUT2D eigenvalue weighted by molar-refractivity contribution is 5.89. The molecule has 32 heavy (non-hydrogen) atoms. The first-order valence-electron chi connectivity index (χ1n) is 10.9. The van der Waals surface area contributed by atoms with E-state index >= 15 is 0 Å². The van der Waals surface area contributed by atoms with Gasteiger partial charge in [-0.3, -0.25) is 4.90 Å². The molecule has 7 heteroatoms. The number of hydrogen-bond donors (Lipinski definition) is 2. The van der Waals surface area contributed by atoms with E-state index < -0.39 is 0 Å². The van der Waals surface area contributed by atoms with Crippen LogP contribution in [0.15, 0.2) is 71.3 Å². The van der Waals surface area contributed by atoms with Gasteiger partial charge in [-0.05, 0) is 55.5 Å². The van der Waals surface area contributed by atoms with E-state index in [2.05, 4.69) is 32.6 Å². The van der Waals surface area contributed by atoms with Crippen LogP contribution in [0.4, 0.5) is 16.2 Å². The molecule has 3 aromatic rings. The molecular weight excluding hydrogens is 404 g/mol. The Kier molecular flexibility index (Phi) is 6.97. The average Bonchev–Trinajstić information content (AvgIpc) is 3.36. The van der Waals surface area contributed by atoms with Gasteiger partial charge in [-0.25, -0.2) is 4.79 Å². The molecule has 0 spiro atoms. The Balaban J connectivity index is 1.35. The number of nitrogens with zero attached hydrogens (tertiary/aromatic N) is 2. The van der Waals surface area contributed by atoms with Gasteiger partial charge in [0.25, 0.3) is 0 Å². The number of anilines is 2. The minimum Gasteiger partial charge on any atom is -0.497 e. The van der Waals surface area contributed by atoms with Gasteiger partial charge in [-0.1, -0.05) is 17.7 Å². The second-order valence-electron chi connectivity index (χ2n) is 7.95. The lowest BCUT2D eigenvalue weighted by Gasteiger charge is -2.39. The summed E-state index contributed by atoms with van der Waals surface area (Å²) < 4.78 is 11.0. The number of amides is 2. The second-order valence-corrected chi connectivity index (χ2v) is 7.95. The number of hydrogen-bond acceptors (Lipinski definition) is 5. The van der Waals surface area contributed by atoms with Crippen LogP contribution in [0.1, 0.15) is 17.4 Å². The van der Waals surface area contributed by atoms with Crippen LogP contribution >= 0.6 is 0 Å². The highest BCUT2D eigenvalue weighted by Gasteiger charge is 2.27. The van der Waals surface area contributed by atoms with Gasteiger partial charge in [0.2, 0.25) is 0 Å². The van der Waals surface area contributed by atoms with Gasteiger partial charge in [0, 0.05) is 44.1 Å². The van der Waals surface area contributed by atoms with Crippen molar-refractivity contribution in [2.24, 2.45) is 0 Å². The second kappa shape index (κ2) is 10.2. The molecule has 2 amide bonds. The number of aryl methyl sites for hydroxylation is 1. The molecule has 1 aliphatic heterocycles. The topological polar surface area (TPSA) is 70.0 Å². The van der Waals surface area contributed by atoms with Gasteiger partial charge >= 0.3 is 6.03 Å². The van der Waals surface area contributed by atoms with Gasteiger partial charge in [-0.15, -0.1) is 0 Å². The fourth-order valence-electron chi connectivity index (χ4n) is 3.98. The van der Waals surface area contributed by atoms with Gasteiger partial charge in [-0.2, -0.15) is 0 Å². The SMILES string of the molecule is COc1ccc(N2CCN(C(CNC(=O)Nc3ccc(C)cc3)c3ccco3)CC2)cc1. The summed E-state index contributed by atoms with van der Waals surface area (Å²) in [4.78, 5) is 17.2. The van der Waals surface area contributed by atoms with E-state index in [4.69, 9.17) is 9.15 Å². The molecule has 1 aromatic heterocycles. The summed E-state index contributed by atoms with van der Waals surface area (Å²) in [6.07, 6.45) is 1.68. The molecule has 2 aromatic carbocycles. The molecule has 2 N–H and O–H groups in total. The number of piperazine rings is 1. The summed E-state index contributed by atoms with van der Waals surface area (Å²) in [5, 5.41) is 5.90. The van der Waals surface area contributed by atoms with Crippen LogP contribution in [0.5, 0.6) is 5.75 Å². The number of carbonyl (C=O) groups is 1. The van der Waals surface area contributed by atoms with E-state index in [9.17, 15) is 4.79 Å². The van der Waals surface area contributed by atoms with Crippen LogP contribution in [-0.2, 0) is 0 Å². The quantitative estimate of drug-likeness (QED) is 0.581. The third-order valence-corrected chi connectivity index (χ3v) is 5.83. The Hall–Kier alpha value is -3.45. The molecule has 0 radical (unpaired) electrons. The van der Waals surface area contributed by atoms with Crippen molar-refractivity contribution in [3.63, 3.8) is 0 Å². The zero-order chi connectivity index (χ0) is 22.3. The van der Waals surface area contributed by atoms with Crippen LogP contribution in [0.3, 0.4) is 0 Å². The molecule has 7 nitrogen and oxygen atoms in total. The van der Waals surface area contributed by atoms with Gasteiger partial charge < -0.3 is 24.7 Å². The number of carbonyl (C=O) groups excluding carboxylic acids is 1. The largest absolute Gasteiger partial charge is 0.497 e. The third kappa shape index (κ3) is 5.42. The van der Waals surface area contributed by atoms with Crippen molar-refractivity contribution in [2.75, 3.05) is 50.1 Å². The zero-order valence-corrected chi connectivity index (χ0v) is 18.6. The Bertz CT molecular complexity index is 979. The van der Waals surface area contributed by atoms with Crippen LogP contribution in [-0.4, -0.2) is 50.8 Å². The highest BCUT2D eigenvalue weighted by atomic mass is 16.5. The maximum absolute atomic E-state index is 12.5. The standard InChI is InChI=1S/C25H30N4O3/c1-19-5-7-20(8-6-19)27-25(30)26-18-23(24-4-3-17-32-24)29-15-13-28(14-16-29)21-9-11-22(31-2)12-10-21/h3-12,17,23H,13-16,18H2,1-2H3,(H2,26,27,30). The van der Waals surface area contributed by atoms with E-state index in [1.54, 1.807) is 13.4 Å². The summed E-state index contributed by atoms with van der Waals surface area (Å²) in [6.45, 7) is 6.04. The maximum atomic E-state index is 12.5. The van der Waals surface area contributed by atoms with Crippen LogP contribution < -0.4 is 20.3 Å². The van der Waals surface area contributed by atoms with E-state index in [-0.39, 0.29) is 12.1 Å². The number of benzene rings is 2. The van der Waals surface area contributed by atoms with Gasteiger partial charge in [0.15, 0.2) is 0 Å². The van der Waals surface area contributed by atoms with Crippen molar-refractivity contribution in [2.45, 2.75) is 13.0 Å². The predicted molar refractivity (Wildman–Crippen MR) is 126 cm³/mol. The van der Waals surface area contributed by atoms with Crippen molar-refractivity contribution in [1.82, 2.24) is 10.2 Å². The highest BCUT2D eigenvalue weighted by Crippen LogP contribution is 2.25. The molecule has 4 rings (SSSR count). The first kappa shape index (κ1) is 21.8. The first-order valence-corrected chi connectivity index (χ1v) is 10.9. The lowest BCUT2D eigenvalue weighted by atomic mass is 10.1. The number of furan rings is 1.